The Kier molecular flexibility index (Phi) is 5.13. The van der Waals surface area contributed by atoms with E-state index in [2.05, 4.69) is 21.2 Å². The Morgan fingerprint density at radius 2 is 2.14 bits per heavy atom. The number of nitro groups is 1. The highest BCUT2D eigenvalue weighted by atomic mass is 79.9. The first-order valence-corrected chi connectivity index (χ1v) is 7.38. The van der Waals surface area contributed by atoms with Gasteiger partial charge in [-0.25, -0.2) is 0 Å². The summed E-state index contributed by atoms with van der Waals surface area (Å²) in [6.45, 7) is 4.46. The van der Waals surface area contributed by atoms with Gasteiger partial charge < -0.3 is 15.0 Å². The van der Waals surface area contributed by atoms with E-state index in [1.54, 1.807) is 11.8 Å². The highest BCUT2D eigenvalue weighted by Crippen LogP contribution is 2.30. The van der Waals surface area contributed by atoms with E-state index in [1.807, 2.05) is 0 Å². The molecule has 1 saturated heterocycles. The van der Waals surface area contributed by atoms with Crippen molar-refractivity contribution in [2.24, 2.45) is 0 Å². The van der Waals surface area contributed by atoms with Crippen molar-refractivity contribution in [1.29, 1.82) is 0 Å². The third-order valence-corrected chi connectivity index (χ3v) is 3.86. The minimum atomic E-state index is -0.693. The summed E-state index contributed by atoms with van der Waals surface area (Å²) < 4.78 is 6.16. The first-order chi connectivity index (χ1) is 9.99. The maximum atomic E-state index is 12.3. The molecule has 1 aromatic carbocycles. The maximum absolute atomic E-state index is 12.3. The Morgan fingerprint density at radius 1 is 1.48 bits per heavy atom. The number of halogens is 1. The fourth-order valence-corrected chi connectivity index (χ4v) is 2.42. The highest BCUT2D eigenvalue weighted by Gasteiger charge is 2.24. The van der Waals surface area contributed by atoms with Gasteiger partial charge in [-0.1, -0.05) is 0 Å². The van der Waals surface area contributed by atoms with Crippen molar-refractivity contribution in [3.63, 3.8) is 0 Å². The number of amides is 1. The molecule has 7 nitrogen and oxygen atoms in total. The van der Waals surface area contributed by atoms with Crippen molar-refractivity contribution in [3.05, 3.63) is 32.8 Å². The molecular formula is C13H16BrN3O4. The van der Waals surface area contributed by atoms with E-state index < -0.39 is 11.0 Å². The van der Waals surface area contributed by atoms with Crippen molar-refractivity contribution in [2.45, 2.75) is 13.0 Å². The molecule has 0 aromatic heterocycles. The van der Waals surface area contributed by atoms with E-state index in [0.29, 0.717) is 23.3 Å². The van der Waals surface area contributed by atoms with Crippen molar-refractivity contribution in [3.8, 4) is 5.75 Å². The number of hydrogen-bond acceptors (Lipinski definition) is 5. The third kappa shape index (κ3) is 3.92. The van der Waals surface area contributed by atoms with E-state index in [9.17, 15) is 14.9 Å². The van der Waals surface area contributed by atoms with Gasteiger partial charge in [-0.15, -0.1) is 0 Å². The monoisotopic (exact) mass is 357 g/mol. The molecule has 1 heterocycles. The van der Waals surface area contributed by atoms with E-state index >= 15 is 0 Å². The maximum Gasteiger partial charge on any atom is 0.273 e. The number of piperazine rings is 1. The summed E-state index contributed by atoms with van der Waals surface area (Å²) >= 11 is 3.27. The minimum absolute atomic E-state index is 0.0741. The first kappa shape index (κ1) is 15.7. The highest BCUT2D eigenvalue weighted by molar-refractivity contribution is 9.10. The van der Waals surface area contributed by atoms with Crippen LogP contribution < -0.4 is 10.1 Å². The van der Waals surface area contributed by atoms with Gasteiger partial charge in [0.2, 0.25) is 0 Å². The molecule has 1 amide bonds. The standard InChI is InChI=1S/C13H16BrN3O4/c1-9(13(18)16-6-4-15-5-7-16)21-12-8-10(17(19)20)2-3-11(12)14/h2-3,8-9,15H,4-7H2,1H3. The Bertz CT molecular complexity index is 546. The molecule has 8 heteroatoms. The zero-order chi connectivity index (χ0) is 15.4. The summed E-state index contributed by atoms with van der Waals surface area (Å²) in [7, 11) is 0. The molecule has 1 atom stereocenters. The lowest BCUT2D eigenvalue weighted by atomic mass is 10.2. The second-order valence-corrected chi connectivity index (χ2v) is 5.56. The van der Waals surface area contributed by atoms with Crippen LogP contribution in [-0.2, 0) is 4.79 Å². The molecule has 1 aromatic rings. The van der Waals surface area contributed by atoms with Crippen LogP contribution in [0.4, 0.5) is 5.69 Å². The van der Waals surface area contributed by atoms with Gasteiger partial charge in [0.05, 0.1) is 15.5 Å². The molecule has 1 fully saturated rings. The third-order valence-electron chi connectivity index (χ3n) is 3.21. The predicted molar refractivity (Wildman–Crippen MR) is 80.3 cm³/mol. The molecule has 114 valence electrons. The van der Waals surface area contributed by atoms with Gasteiger partial charge in [-0.3, -0.25) is 14.9 Å². The lowest BCUT2D eigenvalue weighted by Gasteiger charge is -2.29. The Balaban J connectivity index is 2.07. The number of benzene rings is 1. The molecule has 0 spiro atoms. The van der Waals surface area contributed by atoms with Crippen LogP contribution in [-0.4, -0.2) is 48.0 Å². The summed E-state index contributed by atoms with van der Waals surface area (Å²) in [5.74, 6) is 0.176. The second-order valence-electron chi connectivity index (χ2n) is 4.71. The Morgan fingerprint density at radius 3 is 2.76 bits per heavy atom. The number of hydrogen-bond donors (Lipinski definition) is 1. The number of carbonyl (C=O) groups is 1. The zero-order valence-electron chi connectivity index (χ0n) is 11.5. The van der Waals surface area contributed by atoms with Crippen LogP contribution in [0.1, 0.15) is 6.92 Å². The second kappa shape index (κ2) is 6.86. The number of non-ortho nitro benzene ring substituents is 1. The lowest BCUT2D eigenvalue weighted by molar-refractivity contribution is -0.385. The number of ether oxygens (including phenoxy) is 1. The molecule has 0 aliphatic carbocycles. The first-order valence-electron chi connectivity index (χ1n) is 6.59. The summed E-state index contributed by atoms with van der Waals surface area (Å²) in [5, 5.41) is 14.0. The molecule has 2 rings (SSSR count). The van der Waals surface area contributed by atoms with Gasteiger partial charge in [0.25, 0.3) is 11.6 Å². The molecule has 1 N–H and O–H groups in total. The Hall–Kier alpha value is -1.67. The fraction of sp³-hybridized carbons (Fsp3) is 0.462. The molecule has 1 unspecified atom stereocenters. The smallest absolute Gasteiger partial charge is 0.273 e. The van der Waals surface area contributed by atoms with Crippen LogP contribution in [0.25, 0.3) is 0 Å². The van der Waals surface area contributed by atoms with Gasteiger partial charge in [0, 0.05) is 32.2 Å². The molecule has 0 saturated carbocycles. The normalized spacial score (nSPS) is 16.4. The van der Waals surface area contributed by atoms with Crippen LogP contribution in [0.3, 0.4) is 0 Å². The van der Waals surface area contributed by atoms with Crippen LogP contribution in [0.5, 0.6) is 5.75 Å². The summed E-state index contributed by atoms with van der Waals surface area (Å²) in [6.07, 6.45) is -0.693. The quantitative estimate of drug-likeness (QED) is 0.652. The van der Waals surface area contributed by atoms with Crippen molar-refractivity contribution < 1.29 is 14.5 Å². The molecule has 0 bridgehead atoms. The average Bonchev–Trinajstić information content (AvgIpc) is 2.49. The Labute approximate surface area is 130 Å². The fourth-order valence-electron chi connectivity index (χ4n) is 2.08. The minimum Gasteiger partial charge on any atom is -0.479 e. The molecule has 0 radical (unpaired) electrons. The van der Waals surface area contributed by atoms with E-state index in [0.717, 1.165) is 13.1 Å². The summed E-state index contributed by atoms with van der Waals surface area (Å²) in [6, 6.07) is 4.22. The van der Waals surface area contributed by atoms with Crippen LogP contribution in [0.15, 0.2) is 22.7 Å². The molecule has 1 aliphatic rings. The topological polar surface area (TPSA) is 84.7 Å². The number of nitro benzene ring substituents is 1. The summed E-state index contributed by atoms with van der Waals surface area (Å²) in [4.78, 5) is 24.3. The van der Waals surface area contributed by atoms with Gasteiger partial charge in [0.15, 0.2) is 6.10 Å². The lowest BCUT2D eigenvalue weighted by Crippen LogP contribution is -2.50. The molecule has 21 heavy (non-hydrogen) atoms. The van der Waals surface area contributed by atoms with Crippen LogP contribution in [0, 0.1) is 10.1 Å². The van der Waals surface area contributed by atoms with Crippen LogP contribution >= 0.6 is 15.9 Å². The van der Waals surface area contributed by atoms with Gasteiger partial charge in [-0.05, 0) is 28.9 Å². The average molecular weight is 358 g/mol. The van der Waals surface area contributed by atoms with E-state index in [1.165, 1.54) is 18.2 Å². The van der Waals surface area contributed by atoms with Crippen molar-refractivity contribution in [1.82, 2.24) is 10.2 Å². The number of nitrogens with one attached hydrogen (secondary N) is 1. The number of rotatable bonds is 4. The zero-order valence-corrected chi connectivity index (χ0v) is 13.1. The molecule has 1 aliphatic heterocycles. The van der Waals surface area contributed by atoms with Gasteiger partial charge in [0.1, 0.15) is 5.75 Å². The number of carbonyl (C=O) groups excluding carboxylic acids is 1. The van der Waals surface area contributed by atoms with Gasteiger partial charge >= 0.3 is 0 Å². The van der Waals surface area contributed by atoms with Crippen LogP contribution in [0.2, 0.25) is 0 Å². The largest absolute Gasteiger partial charge is 0.479 e. The van der Waals surface area contributed by atoms with Gasteiger partial charge in [-0.2, -0.15) is 0 Å². The predicted octanol–water partition coefficient (Wildman–Crippen LogP) is 1.56. The number of nitrogens with zero attached hydrogens (tertiary/aromatic N) is 2. The van der Waals surface area contributed by atoms with Crippen molar-refractivity contribution >= 4 is 27.5 Å². The molecular weight excluding hydrogens is 342 g/mol. The van der Waals surface area contributed by atoms with E-state index in [-0.39, 0.29) is 11.6 Å². The van der Waals surface area contributed by atoms with Crippen molar-refractivity contribution in [2.75, 3.05) is 26.2 Å². The van der Waals surface area contributed by atoms with E-state index in [4.69, 9.17) is 4.74 Å². The SMILES string of the molecule is CC(Oc1cc([N+](=O)[O-])ccc1Br)C(=O)N1CCNCC1. The summed E-state index contributed by atoms with van der Waals surface area (Å²) in [5.41, 5.74) is -0.0741.